The highest BCUT2D eigenvalue weighted by Gasteiger charge is 2.33. The van der Waals surface area contributed by atoms with E-state index in [1.165, 1.54) is 30.1 Å². The minimum absolute atomic E-state index is 0.282. The van der Waals surface area contributed by atoms with Crippen molar-refractivity contribution in [2.75, 3.05) is 21.3 Å². The van der Waals surface area contributed by atoms with Gasteiger partial charge in [-0.1, -0.05) is 35.6 Å². The Morgan fingerprint density at radius 3 is 2.21 bits per heavy atom. The number of aromatic nitrogens is 1. The van der Waals surface area contributed by atoms with Gasteiger partial charge in [-0.3, -0.25) is 9.36 Å². The first kappa shape index (κ1) is 23.2. The molecule has 0 aliphatic carbocycles. The summed E-state index contributed by atoms with van der Waals surface area (Å²) in [6, 6.07) is 13.2. The molecule has 4 rings (SSSR count). The maximum Gasteiger partial charge on any atom is 0.338 e. The van der Waals surface area contributed by atoms with Crippen LogP contribution in [-0.4, -0.2) is 37.8 Å². The van der Waals surface area contributed by atoms with Crippen LogP contribution in [-0.2, 0) is 14.3 Å². The third-order valence-electron chi connectivity index (χ3n) is 5.49. The molecule has 0 radical (unpaired) electrons. The van der Waals surface area contributed by atoms with Crippen molar-refractivity contribution in [3.8, 4) is 5.75 Å². The van der Waals surface area contributed by atoms with E-state index in [9.17, 15) is 14.4 Å². The van der Waals surface area contributed by atoms with Crippen molar-refractivity contribution in [1.82, 2.24) is 4.57 Å². The van der Waals surface area contributed by atoms with E-state index in [4.69, 9.17) is 14.2 Å². The molecular weight excluding hydrogens is 456 g/mol. The fourth-order valence-electron chi connectivity index (χ4n) is 3.78. The number of hydrogen-bond acceptors (Lipinski definition) is 8. The van der Waals surface area contributed by atoms with E-state index in [0.717, 1.165) is 11.1 Å². The number of ether oxygens (including phenoxy) is 3. The second kappa shape index (κ2) is 9.48. The summed E-state index contributed by atoms with van der Waals surface area (Å²) in [6.45, 7) is 1.73. The quantitative estimate of drug-likeness (QED) is 0.522. The van der Waals surface area contributed by atoms with Gasteiger partial charge in [0.1, 0.15) is 5.75 Å². The van der Waals surface area contributed by atoms with Gasteiger partial charge >= 0.3 is 11.9 Å². The van der Waals surface area contributed by atoms with Gasteiger partial charge in [0, 0.05) is 0 Å². The first-order valence-electron chi connectivity index (χ1n) is 10.3. The lowest BCUT2D eigenvalue weighted by atomic mass is 9.96. The number of benzene rings is 2. The Morgan fingerprint density at radius 1 is 0.971 bits per heavy atom. The van der Waals surface area contributed by atoms with Gasteiger partial charge in [0.25, 0.3) is 5.56 Å². The summed E-state index contributed by atoms with van der Waals surface area (Å²) in [4.78, 5) is 42.9. The Balaban J connectivity index is 1.87. The standard InChI is InChI=1S/C25H22N2O6S/c1-14-20(24(30)33-4)21(16-9-11-18(31-2)12-10-16)27-22(28)19(34-25(27)26-14)13-15-5-7-17(8-6-15)23(29)32-3/h5-13,21H,1-4H3/b19-13-. The third kappa shape index (κ3) is 4.17. The number of carbonyl (C=O) groups is 2. The van der Waals surface area contributed by atoms with Crippen molar-refractivity contribution >= 4 is 29.4 Å². The van der Waals surface area contributed by atoms with Crippen LogP contribution in [0, 0.1) is 0 Å². The summed E-state index contributed by atoms with van der Waals surface area (Å²) in [5.74, 6) is -0.321. The molecule has 0 saturated heterocycles. The molecule has 1 atom stereocenters. The molecule has 8 nitrogen and oxygen atoms in total. The van der Waals surface area contributed by atoms with Gasteiger partial charge in [0.05, 0.1) is 48.7 Å². The summed E-state index contributed by atoms with van der Waals surface area (Å²) >= 11 is 1.23. The van der Waals surface area contributed by atoms with Gasteiger partial charge in [-0.2, -0.15) is 0 Å². The molecule has 0 saturated carbocycles. The zero-order chi connectivity index (χ0) is 24.4. The maximum atomic E-state index is 13.5. The van der Waals surface area contributed by atoms with Crippen molar-refractivity contribution < 1.29 is 23.8 Å². The molecule has 0 N–H and O–H groups in total. The monoisotopic (exact) mass is 478 g/mol. The molecular formula is C25H22N2O6S. The number of thiazole rings is 1. The number of carbonyl (C=O) groups excluding carboxylic acids is 2. The number of allylic oxidation sites excluding steroid dienone is 1. The Kier molecular flexibility index (Phi) is 6.47. The molecule has 9 heteroatoms. The van der Waals surface area contributed by atoms with Crippen molar-refractivity contribution in [3.63, 3.8) is 0 Å². The smallest absolute Gasteiger partial charge is 0.338 e. The Morgan fingerprint density at radius 2 is 1.62 bits per heavy atom. The lowest BCUT2D eigenvalue weighted by Crippen LogP contribution is -2.39. The van der Waals surface area contributed by atoms with Gasteiger partial charge < -0.3 is 14.2 Å². The van der Waals surface area contributed by atoms with Crippen LogP contribution in [0.4, 0.5) is 0 Å². The molecule has 1 aliphatic heterocycles. The van der Waals surface area contributed by atoms with E-state index >= 15 is 0 Å². The lowest BCUT2D eigenvalue weighted by molar-refractivity contribution is -0.136. The Hall–Kier alpha value is -3.98. The van der Waals surface area contributed by atoms with Gasteiger partial charge in [-0.15, -0.1) is 0 Å². The van der Waals surface area contributed by atoms with Crippen molar-refractivity contribution in [2.24, 2.45) is 4.99 Å². The maximum absolute atomic E-state index is 13.5. The van der Waals surface area contributed by atoms with E-state index in [2.05, 4.69) is 4.99 Å². The molecule has 3 aromatic rings. The zero-order valence-corrected chi connectivity index (χ0v) is 19.8. The normalized spacial score (nSPS) is 15.4. The summed E-state index contributed by atoms with van der Waals surface area (Å²) in [5, 5.41) is 0. The molecule has 1 unspecified atom stereocenters. The summed E-state index contributed by atoms with van der Waals surface area (Å²) in [7, 11) is 4.19. The summed E-state index contributed by atoms with van der Waals surface area (Å²) in [6.07, 6.45) is 1.73. The zero-order valence-electron chi connectivity index (χ0n) is 19.0. The molecule has 1 aromatic heterocycles. The molecule has 34 heavy (non-hydrogen) atoms. The number of fused-ring (bicyclic) bond motifs is 1. The minimum Gasteiger partial charge on any atom is -0.497 e. The van der Waals surface area contributed by atoms with Crippen LogP contribution in [0.5, 0.6) is 5.75 Å². The third-order valence-corrected chi connectivity index (χ3v) is 6.47. The van der Waals surface area contributed by atoms with Crippen LogP contribution in [0.15, 0.2) is 69.6 Å². The molecule has 1 aliphatic rings. The van der Waals surface area contributed by atoms with Gasteiger partial charge in [0.2, 0.25) is 0 Å². The largest absolute Gasteiger partial charge is 0.497 e. The van der Waals surface area contributed by atoms with Crippen molar-refractivity contribution in [3.05, 3.63) is 96.2 Å². The van der Waals surface area contributed by atoms with E-state index in [-0.39, 0.29) is 5.56 Å². The van der Waals surface area contributed by atoms with E-state index < -0.39 is 18.0 Å². The number of rotatable bonds is 5. The van der Waals surface area contributed by atoms with E-state index in [1.807, 2.05) is 12.1 Å². The van der Waals surface area contributed by atoms with Crippen LogP contribution in [0.25, 0.3) is 6.08 Å². The van der Waals surface area contributed by atoms with Crippen LogP contribution < -0.4 is 19.6 Å². The molecule has 0 spiro atoms. The lowest BCUT2D eigenvalue weighted by Gasteiger charge is -2.24. The van der Waals surface area contributed by atoms with Crippen LogP contribution >= 0.6 is 11.3 Å². The molecule has 0 amide bonds. The van der Waals surface area contributed by atoms with E-state index in [1.54, 1.807) is 56.5 Å². The van der Waals surface area contributed by atoms with Crippen molar-refractivity contribution in [1.29, 1.82) is 0 Å². The van der Waals surface area contributed by atoms with E-state index in [0.29, 0.717) is 31.9 Å². The summed E-state index contributed by atoms with van der Waals surface area (Å²) in [5.41, 5.74) is 2.39. The topological polar surface area (TPSA) is 96.2 Å². The minimum atomic E-state index is -0.696. The second-order valence-corrected chi connectivity index (χ2v) is 8.47. The van der Waals surface area contributed by atoms with Crippen LogP contribution in [0.2, 0.25) is 0 Å². The predicted octanol–water partition coefficient (Wildman–Crippen LogP) is 2.20. The Labute approximate surface area is 199 Å². The molecule has 0 fully saturated rings. The highest BCUT2D eigenvalue weighted by molar-refractivity contribution is 7.07. The van der Waals surface area contributed by atoms with Gasteiger partial charge in [-0.25, -0.2) is 14.6 Å². The number of methoxy groups -OCH3 is 3. The first-order chi connectivity index (χ1) is 16.4. The average molecular weight is 479 g/mol. The fourth-order valence-corrected chi connectivity index (χ4v) is 4.83. The van der Waals surface area contributed by atoms with Crippen LogP contribution in [0.1, 0.15) is 34.5 Å². The van der Waals surface area contributed by atoms with Gasteiger partial charge in [0.15, 0.2) is 4.80 Å². The number of esters is 2. The number of nitrogens with zero attached hydrogens (tertiary/aromatic N) is 2. The van der Waals surface area contributed by atoms with Crippen molar-refractivity contribution in [2.45, 2.75) is 13.0 Å². The molecule has 2 aromatic carbocycles. The average Bonchev–Trinajstić information content (AvgIpc) is 3.16. The second-order valence-electron chi connectivity index (χ2n) is 7.46. The molecule has 0 bridgehead atoms. The predicted molar refractivity (Wildman–Crippen MR) is 127 cm³/mol. The van der Waals surface area contributed by atoms with Crippen LogP contribution in [0.3, 0.4) is 0 Å². The molecule has 2 heterocycles. The highest BCUT2D eigenvalue weighted by atomic mass is 32.1. The van der Waals surface area contributed by atoms with Gasteiger partial charge in [-0.05, 0) is 48.4 Å². The summed E-state index contributed by atoms with van der Waals surface area (Å²) < 4.78 is 16.9. The Bertz CT molecular complexity index is 1460. The highest BCUT2D eigenvalue weighted by Crippen LogP contribution is 2.31. The SMILES string of the molecule is COC(=O)C1=C(C)N=c2s/c(=C\c3ccc(C(=O)OC)cc3)c(=O)n2C1c1ccc(OC)cc1. The molecule has 174 valence electrons. The first-order valence-corrected chi connectivity index (χ1v) is 11.1. The fraction of sp³-hybridized carbons (Fsp3) is 0.200. The number of hydrogen-bond donors (Lipinski definition) is 0.